The second-order valence-corrected chi connectivity index (χ2v) is 7.11. The van der Waals surface area contributed by atoms with Crippen molar-refractivity contribution in [3.8, 4) is 0 Å². The summed E-state index contributed by atoms with van der Waals surface area (Å²) in [6.45, 7) is 1.04. The van der Waals surface area contributed by atoms with Crippen LogP contribution in [-0.2, 0) is 10.3 Å². The molecule has 1 amide bonds. The Hall–Kier alpha value is -2.34. The van der Waals surface area contributed by atoms with Gasteiger partial charge in [0, 0.05) is 18.3 Å². The monoisotopic (exact) mass is 354 g/mol. The number of aromatic nitrogens is 1. The molecule has 1 unspecified atom stereocenters. The topological polar surface area (TPSA) is 59.5 Å². The summed E-state index contributed by atoms with van der Waals surface area (Å²) >= 11 is 1.46. The molecule has 2 aromatic rings. The minimum absolute atomic E-state index is 0.0584. The molecule has 1 aromatic heterocycles. The van der Waals surface area contributed by atoms with Crippen molar-refractivity contribution in [3.63, 3.8) is 0 Å². The van der Waals surface area contributed by atoms with Gasteiger partial charge in [0.25, 0.3) is 5.91 Å². The Labute approximate surface area is 150 Å². The number of nitrogens with zero attached hydrogens (tertiary/aromatic N) is 2. The minimum atomic E-state index is -0.719. The molecule has 0 saturated carbocycles. The maximum absolute atomic E-state index is 13.0. The van der Waals surface area contributed by atoms with Gasteiger partial charge in [-0.05, 0) is 37.3 Å². The van der Waals surface area contributed by atoms with E-state index in [0.29, 0.717) is 24.2 Å². The van der Waals surface area contributed by atoms with E-state index in [1.54, 1.807) is 29.3 Å². The molecule has 128 valence electrons. The van der Waals surface area contributed by atoms with Gasteiger partial charge >= 0.3 is 5.97 Å². The van der Waals surface area contributed by atoms with Gasteiger partial charge in [0.15, 0.2) is 5.60 Å². The van der Waals surface area contributed by atoms with Crippen molar-refractivity contribution >= 4 is 23.6 Å². The largest absolute Gasteiger partial charge is 0.449 e. The van der Waals surface area contributed by atoms with Crippen LogP contribution in [0.15, 0.2) is 47.6 Å². The zero-order chi connectivity index (χ0) is 17.4. The number of likely N-dealkylation sites (tertiary alicyclic amines) is 1. The van der Waals surface area contributed by atoms with E-state index in [1.807, 2.05) is 24.5 Å². The zero-order valence-corrected chi connectivity index (χ0v) is 14.7. The lowest BCUT2D eigenvalue weighted by Crippen LogP contribution is -2.48. The highest BCUT2D eigenvalue weighted by Gasteiger charge is 2.48. The summed E-state index contributed by atoms with van der Waals surface area (Å²) < 4.78 is 5.78. The molecule has 1 aromatic carbocycles. The van der Waals surface area contributed by atoms with Crippen LogP contribution >= 0.6 is 11.8 Å². The Balaban J connectivity index is 1.66. The smallest absolute Gasteiger partial charge is 0.339 e. The van der Waals surface area contributed by atoms with E-state index >= 15 is 0 Å². The highest BCUT2D eigenvalue weighted by Crippen LogP contribution is 2.43. The van der Waals surface area contributed by atoms with Gasteiger partial charge in [0.1, 0.15) is 5.03 Å². The molecular formula is C19H18N2O3S. The van der Waals surface area contributed by atoms with E-state index in [-0.39, 0.29) is 11.9 Å². The molecular weight excluding hydrogens is 336 g/mol. The third-order valence-electron chi connectivity index (χ3n) is 4.86. The van der Waals surface area contributed by atoms with Crippen molar-refractivity contribution in [1.29, 1.82) is 0 Å². The number of fused-ring (bicyclic) bond motifs is 2. The number of carbonyl (C=O) groups is 2. The molecule has 1 atom stereocenters. The van der Waals surface area contributed by atoms with Crippen LogP contribution < -0.4 is 0 Å². The summed E-state index contributed by atoms with van der Waals surface area (Å²) in [7, 11) is 0. The van der Waals surface area contributed by atoms with E-state index in [2.05, 4.69) is 4.98 Å². The maximum atomic E-state index is 13.0. The molecule has 1 spiro atoms. The molecule has 25 heavy (non-hydrogen) atoms. The van der Waals surface area contributed by atoms with Crippen LogP contribution in [0.4, 0.5) is 0 Å². The molecule has 0 bridgehead atoms. The number of rotatable bonds is 2. The predicted molar refractivity (Wildman–Crippen MR) is 94.7 cm³/mol. The molecule has 0 radical (unpaired) electrons. The Morgan fingerprint density at radius 2 is 2.12 bits per heavy atom. The molecule has 3 heterocycles. The maximum Gasteiger partial charge on any atom is 0.339 e. The lowest BCUT2D eigenvalue weighted by atomic mass is 9.85. The van der Waals surface area contributed by atoms with Crippen LogP contribution in [0, 0.1) is 0 Å². The van der Waals surface area contributed by atoms with E-state index in [0.717, 1.165) is 23.4 Å². The van der Waals surface area contributed by atoms with Crippen molar-refractivity contribution in [3.05, 3.63) is 59.3 Å². The number of amides is 1. The predicted octanol–water partition coefficient (Wildman–Crippen LogP) is 3.11. The molecule has 6 heteroatoms. The Morgan fingerprint density at radius 1 is 1.28 bits per heavy atom. The van der Waals surface area contributed by atoms with Gasteiger partial charge in [-0.1, -0.05) is 18.2 Å². The van der Waals surface area contributed by atoms with Crippen LogP contribution in [0.5, 0.6) is 0 Å². The molecule has 1 saturated heterocycles. The van der Waals surface area contributed by atoms with E-state index in [1.165, 1.54) is 11.8 Å². The number of esters is 1. The summed E-state index contributed by atoms with van der Waals surface area (Å²) in [5, 5.41) is 0.718. The van der Waals surface area contributed by atoms with Gasteiger partial charge in [-0.15, -0.1) is 11.8 Å². The van der Waals surface area contributed by atoms with Crippen molar-refractivity contribution in [1.82, 2.24) is 9.88 Å². The molecule has 4 rings (SSSR count). The molecule has 0 aliphatic carbocycles. The Bertz CT molecular complexity index is 854. The van der Waals surface area contributed by atoms with E-state index < -0.39 is 5.60 Å². The second kappa shape index (κ2) is 6.19. The standard InChI is InChI=1S/C19H18N2O3S/c1-25-16-14(7-4-10-20-16)17(22)21-11-5-9-19(12-21)15-8-3-2-6-13(15)18(23)24-19/h2-4,6-8,10H,5,9,11-12H2,1H3. The number of piperidine rings is 1. The summed E-state index contributed by atoms with van der Waals surface area (Å²) in [5.74, 6) is -0.354. The fourth-order valence-corrected chi connectivity index (χ4v) is 4.27. The van der Waals surface area contributed by atoms with Gasteiger partial charge in [-0.25, -0.2) is 9.78 Å². The van der Waals surface area contributed by atoms with E-state index in [4.69, 9.17) is 4.74 Å². The first-order valence-electron chi connectivity index (χ1n) is 8.26. The summed E-state index contributed by atoms with van der Waals surface area (Å²) in [5.41, 5.74) is 1.39. The highest BCUT2D eigenvalue weighted by molar-refractivity contribution is 7.98. The zero-order valence-electron chi connectivity index (χ0n) is 13.9. The van der Waals surface area contributed by atoms with Crippen LogP contribution in [0.25, 0.3) is 0 Å². The third kappa shape index (κ3) is 2.61. The summed E-state index contributed by atoms with van der Waals surface area (Å²) in [6.07, 6.45) is 5.13. The van der Waals surface area contributed by atoms with Gasteiger partial charge in [-0.3, -0.25) is 4.79 Å². The van der Waals surface area contributed by atoms with Gasteiger partial charge in [0.2, 0.25) is 0 Å². The fourth-order valence-electron chi connectivity index (χ4n) is 3.73. The molecule has 1 fully saturated rings. The van der Waals surface area contributed by atoms with Gasteiger partial charge in [-0.2, -0.15) is 0 Å². The number of hydrogen-bond acceptors (Lipinski definition) is 5. The number of pyridine rings is 1. The SMILES string of the molecule is CSc1ncccc1C(=O)N1CCCC2(C1)OC(=O)c1ccccc12. The first-order chi connectivity index (χ1) is 12.1. The highest BCUT2D eigenvalue weighted by atomic mass is 32.2. The van der Waals surface area contributed by atoms with Crippen LogP contribution in [0.1, 0.15) is 39.1 Å². The first-order valence-corrected chi connectivity index (χ1v) is 9.48. The van der Waals surface area contributed by atoms with Crippen molar-refractivity contribution < 1.29 is 14.3 Å². The lowest BCUT2D eigenvalue weighted by Gasteiger charge is -2.39. The number of ether oxygens (including phenoxy) is 1. The number of hydrogen-bond donors (Lipinski definition) is 0. The fraction of sp³-hybridized carbons (Fsp3) is 0.316. The Kier molecular flexibility index (Phi) is 4.00. The average Bonchev–Trinajstić information content (AvgIpc) is 2.93. The number of thioether (sulfide) groups is 1. The summed E-state index contributed by atoms with van der Waals surface area (Å²) in [6, 6.07) is 11.1. The average molecular weight is 354 g/mol. The quantitative estimate of drug-likeness (QED) is 0.613. The normalized spacial score (nSPS) is 22.0. The van der Waals surface area contributed by atoms with Crippen LogP contribution in [0.2, 0.25) is 0 Å². The first kappa shape index (κ1) is 16.1. The summed E-state index contributed by atoms with van der Waals surface area (Å²) in [4.78, 5) is 31.4. The number of carbonyl (C=O) groups excluding carboxylic acids is 2. The van der Waals surface area contributed by atoms with Crippen molar-refractivity contribution in [2.75, 3.05) is 19.3 Å². The van der Waals surface area contributed by atoms with Crippen molar-refractivity contribution in [2.45, 2.75) is 23.5 Å². The van der Waals surface area contributed by atoms with Gasteiger partial charge < -0.3 is 9.64 Å². The van der Waals surface area contributed by atoms with Crippen molar-refractivity contribution in [2.24, 2.45) is 0 Å². The van der Waals surface area contributed by atoms with Crippen LogP contribution in [0.3, 0.4) is 0 Å². The molecule has 2 aliphatic rings. The second-order valence-electron chi connectivity index (χ2n) is 6.32. The minimum Gasteiger partial charge on any atom is -0.449 e. The molecule has 5 nitrogen and oxygen atoms in total. The Morgan fingerprint density at radius 3 is 2.96 bits per heavy atom. The third-order valence-corrected chi connectivity index (χ3v) is 5.57. The number of benzene rings is 1. The van der Waals surface area contributed by atoms with Crippen LogP contribution in [-0.4, -0.2) is 41.1 Å². The molecule has 0 N–H and O–H groups in total. The van der Waals surface area contributed by atoms with E-state index in [9.17, 15) is 9.59 Å². The van der Waals surface area contributed by atoms with Gasteiger partial charge in [0.05, 0.1) is 17.7 Å². The molecule has 2 aliphatic heterocycles. The lowest BCUT2D eigenvalue weighted by molar-refractivity contribution is -0.0443.